The predicted molar refractivity (Wildman–Crippen MR) is 240 cm³/mol. The molecule has 0 N–H and O–H groups in total. The molecule has 0 saturated carbocycles. The zero-order chi connectivity index (χ0) is 37.2. The molecule has 0 aliphatic carbocycles. The molecule has 3 heteroatoms. The highest BCUT2D eigenvalue weighted by Gasteiger charge is 2.24. The Morgan fingerprint density at radius 1 is 0.298 bits per heavy atom. The molecule has 0 atom stereocenters. The van der Waals surface area contributed by atoms with Gasteiger partial charge in [-0.25, -0.2) is 0 Å². The fourth-order valence-electron chi connectivity index (χ4n) is 9.86. The fraction of sp³-hybridized carbons (Fsp3) is 0. The Morgan fingerprint density at radius 3 is 1.63 bits per heavy atom. The van der Waals surface area contributed by atoms with Crippen molar-refractivity contribution in [3.05, 3.63) is 194 Å². The lowest BCUT2D eigenvalue weighted by molar-refractivity contribution is 0.673. The van der Waals surface area contributed by atoms with E-state index in [1.54, 1.807) is 0 Å². The van der Waals surface area contributed by atoms with Gasteiger partial charge in [-0.1, -0.05) is 133 Å². The summed E-state index contributed by atoms with van der Waals surface area (Å²) in [7, 11) is 0. The van der Waals surface area contributed by atoms with E-state index in [2.05, 4.69) is 203 Å². The summed E-state index contributed by atoms with van der Waals surface area (Å²) < 4.78 is 11.7. The van der Waals surface area contributed by atoms with Gasteiger partial charge in [0.2, 0.25) is 0 Å². The number of fused-ring (bicyclic) bond motifs is 17. The molecule has 0 amide bonds. The minimum atomic E-state index is 0.904. The third-order valence-electron chi connectivity index (χ3n) is 12.3. The lowest BCUT2D eigenvalue weighted by Crippen LogP contribution is -1.96. The number of rotatable bonds is 3. The van der Waals surface area contributed by atoms with Crippen LogP contribution < -0.4 is 0 Å². The second-order valence-corrected chi connectivity index (χ2v) is 15.2. The van der Waals surface area contributed by atoms with Crippen molar-refractivity contribution >= 4 is 97.9 Å². The SMILES string of the molecule is c1ccc(-c2cccc(-n3c4ccc5c6ccccc6oc5c4c4ccc5c(c6ccccc6n5-c5ccc6c7ccccc7c7ccccc7c6c5)c43)c2)cc1. The number of benzene rings is 10. The minimum absolute atomic E-state index is 0.904. The van der Waals surface area contributed by atoms with Crippen molar-refractivity contribution in [3.63, 3.8) is 0 Å². The van der Waals surface area contributed by atoms with Gasteiger partial charge < -0.3 is 13.6 Å². The molecule has 13 rings (SSSR count). The van der Waals surface area contributed by atoms with Crippen molar-refractivity contribution in [2.75, 3.05) is 0 Å². The Morgan fingerprint density at radius 2 is 0.860 bits per heavy atom. The zero-order valence-corrected chi connectivity index (χ0v) is 30.8. The van der Waals surface area contributed by atoms with Gasteiger partial charge in [0.25, 0.3) is 0 Å². The number of hydrogen-bond donors (Lipinski definition) is 0. The van der Waals surface area contributed by atoms with Crippen LogP contribution in [0.4, 0.5) is 0 Å². The van der Waals surface area contributed by atoms with Gasteiger partial charge in [0, 0.05) is 38.3 Å². The van der Waals surface area contributed by atoms with Gasteiger partial charge in [0.15, 0.2) is 0 Å². The first kappa shape index (κ1) is 30.7. The van der Waals surface area contributed by atoms with E-state index in [1.165, 1.54) is 70.6 Å². The average Bonchev–Trinajstić information content (AvgIpc) is 3.94. The van der Waals surface area contributed by atoms with E-state index in [0.29, 0.717) is 0 Å². The van der Waals surface area contributed by atoms with Crippen molar-refractivity contribution in [1.29, 1.82) is 0 Å². The smallest absolute Gasteiger partial charge is 0.145 e. The molecule has 13 aromatic rings. The van der Waals surface area contributed by atoms with Crippen LogP contribution in [0.25, 0.3) is 120 Å². The van der Waals surface area contributed by atoms with E-state index >= 15 is 0 Å². The van der Waals surface area contributed by atoms with Crippen LogP contribution >= 0.6 is 0 Å². The number of furan rings is 1. The molecule has 264 valence electrons. The van der Waals surface area contributed by atoms with E-state index < -0.39 is 0 Å². The lowest BCUT2D eigenvalue weighted by Gasteiger charge is -2.14. The first-order valence-electron chi connectivity index (χ1n) is 19.6. The third-order valence-corrected chi connectivity index (χ3v) is 12.3. The molecule has 0 saturated heterocycles. The summed E-state index contributed by atoms with van der Waals surface area (Å²) in [4.78, 5) is 0. The van der Waals surface area contributed by atoms with Gasteiger partial charge in [0.1, 0.15) is 11.2 Å². The highest BCUT2D eigenvalue weighted by Crippen LogP contribution is 2.46. The number of para-hydroxylation sites is 2. The Kier molecular flexibility index (Phi) is 6.16. The quantitative estimate of drug-likeness (QED) is 0.166. The molecule has 0 fully saturated rings. The summed E-state index contributed by atoms with van der Waals surface area (Å²) in [6.45, 7) is 0. The molecule has 0 spiro atoms. The summed E-state index contributed by atoms with van der Waals surface area (Å²) in [6, 6.07) is 70.7. The van der Waals surface area contributed by atoms with E-state index in [-0.39, 0.29) is 0 Å². The van der Waals surface area contributed by atoms with Crippen LogP contribution in [0.15, 0.2) is 199 Å². The third kappa shape index (κ3) is 4.20. The van der Waals surface area contributed by atoms with E-state index in [1.807, 2.05) is 0 Å². The summed E-state index contributed by atoms with van der Waals surface area (Å²) >= 11 is 0. The van der Waals surface area contributed by atoms with Crippen LogP contribution in [0.3, 0.4) is 0 Å². The van der Waals surface area contributed by atoms with Gasteiger partial charge in [-0.05, 0) is 104 Å². The molecule has 3 nitrogen and oxygen atoms in total. The zero-order valence-electron chi connectivity index (χ0n) is 30.8. The summed E-state index contributed by atoms with van der Waals surface area (Å²) in [5.74, 6) is 0. The number of hydrogen-bond acceptors (Lipinski definition) is 1. The monoisotopic (exact) mass is 724 g/mol. The largest absolute Gasteiger partial charge is 0.455 e. The summed E-state index contributed by atoms with van der Waals surface area (Å²) in [5, 5.41) is 14.6. The maximum Gasteiger partial charge on any atom is 0.145 e. The molecule has 0 aliphatic heterocycles. The van der Waals surface area contributed by atoms with Crippen LogP contribution in [0, 0.1) is 0 Å². The van der Waals surface area contributed by atoms with E-state index in [4.69, 9.17) is 4.42 Å². The van der Waals surface area contributed by atoms with Crippen molar-refractivity contribution < 1.29 is 4.42 Å². The Balaban J connectivity index is 1.18. The number of aromatic nitrogens is 2. The van der Waals surface area contributed by atoms with Gasteiger partial charge in [-0.15, -0.1) is 0 Å². The Labute approximate surface area is 326 Å². The van der Waals surface area contributed by atoms with Gasteiger partial charge in [0.05, 0.1) is 27.5 Å². The van der Waals surface area contributed by atoms with Gasteiger partial charge in [-0.2, -0.15) is 0 Å². The highest BCUT2D eigenvalue weighted by molar-refractivity contribution is 6.31. The van der Waals surface area contributed by atoms with Crippen molar-refractivity contribution in [2.24, 2.45) is 0 Å². The van der Waals surface area contributed by atoms with Crippen LogP contribution in [-0.4, -0.2) is 9.13 Å². The van der Waals surface area contributed by atoms with Crippen molar-refractivity contribution in [1.82, 2.24) is 9.13 Å². The second kappa shape index (κ2) is 11.5. The second-order valence-electron chi connectivity index (χ2n) is 15.2. The highest BCUT2D eigenvalue weighted by atomic mass is 16.3. The molecule has 0 unspecified atom stereocenters. The summed E-state index contributed by atoms with van der Waals surface area (Å²) in [5.41, 5.74) is 11.1. The molecule has 3 aromatic heterocycles. The first-order chi connectivity index (χ1) is 28.3. The molecular formula is C54H32N2O. The first-order valence-corrected chi connectivity index (χ1v) is 19.6. The topological polar surface area (TPSA) is 23.0 Å². The Hall–Kier alpha value is -7.62. The molecule has 0 bridgehead atoms. The van der Waals surface area contributed by atoms with Gasteiger partial charge >= 0.3 is 0 Å². The molecule has 57 heavy (non-hydrogen) atoms. The van der Waals surface area contributed by atoms with Crippen molar-refractivity contribution in [3.8, 4) is 22.5 Å². The maximum atomic E-state index is 6.78. The Bertz CT molecular complexity index is 3770. The van der Waals surface area contributed by atoms with Gasteiger partial charge in [-0.3, -0.25) is 0 Å². The van der Waals surface area contributed by atoms with E-state index in [9.17, 15) is 0 Å². The van der Waals surface area contributed by atoms with Crippen LogP contribution in [-0.2, 0) is 0 Å². The molecule has 3 heterocycles. The van der Waals surface area contributed by atoms with Crippen LogP contribution in [0.5, 0.6) is 0 Å². The minimum Gasteiger partial charge on any atom is -0.455 e. The molecule has 10 aromatic carbocycles. The number of nitrogens with zero attached hydrogens (tertiary/aromatic N) is 2. The summed E-state index contributed by atoms with van der Waals surface area (Å²) in [6.07, 6.45) is 0. The molecular weight excluding hydrogens is 693 g/mol. The van der Waals surface area contributed by atoms with E-state index in [0.717, 1.165) is 49.7 Å². The van der Waals surface area contributed by atoms with Crippen LogP contribution in [0.2, 0.25) is 0 Å². The fourth-order valence-corrected chi connectivity index (χ4v) is 9.86. The molecule has 0 aliphatic rings. The molecule has 0 radical (unpaired) electrons. The van der Waals surface area contributed by atoms with Crippen molar-refractivity contribution in [2.45, 2.75) is 0 Å². The predicted octanol–water partition coefficient (Wildman–Crippen LogP) is 14.9. The van der Waals surface area contributed by atoms with Crippen LogP contribution in [0.1, 0.15) is 0 Å². The normalized spacial score (nSPS) is 12.2. The maximum absolute atomic E-state index is 6.78. The standard InChI is InChI=1S/C54H32N2O/c1-2-13-33(14-3-1)34-15-12-16-35(31-34)56-49-29-27-43-42-21-9-11-24-50(42)57-54(43)52(49)45-28-30-48-51(53(45)56)44-22-8-10-23-47(44)55(48)36-25-26-41-39-19-5-4-17-37(39)38-18-6-7-20-40(38)46(41)32-36/h1-32H. The lowest BCUT2D eigenvalue weighted by atomic mass is 9.94. The average molecular weight is 725 g/mol.